The van der Waals surface area contributed by atoms with Crippen LogP contribution in [-0.2, 0) is 6.42 Å². The molecule has 0 radical (unpaired) electrons. The zero-order valence-electron chi connectivity index (χ0n) is 12.6. The van der Waals surface area contributed by atoms with E-state index in [4.69, 9.17) is 5.73 Å². The van der Waals surface area contributed by atoms with Crippen LogP contribution in [0.25, 0.3) is 10.9 Å². The molecule has 2 heterocycles. The van der Waals surface area contributed by atoms with Crippen molar-refractivity contribution in [2.45, 2.75) is 38.1 Å². The molecule has 1 saturated carbocycles. The van der Waals surface area contributed by atoms with E-state index in [-0.39, 0.29) is 0 Å². The van der Waals surface area contributed by atoms with Gasteiger partial charge in [-0.3, -0.25) is 9.67 Å². The summed E-state index contributed by atoms with van der Waals surface area (Å²) in [6.07, 6.45) is 9.63. The van der Waals surface area contributed by atoms with Gasteiger partial charge in [0.15, 0.2) is 5.82 Å². The quantitative estimate of drug-likeness (QED) is 0.800. The van der Waals surface area contributed by atoms with Crippen LogP contribution >= 0.6 is 0 Å². The summed E-state index contributed by atoms with van der Waals surface area (Å²) < 4.78 is 2.16. The zero-order chi connectivity index (χ0) is 14.9. The van der Waals surface area contributed by atoms with Gasteiger partial charge in [-0.05, 0) is 48.6 Å². The molecule has 0 spiro atoms. The minimum absolute atomic E-state index is 0.508. The summed E-state index contributed by atoms with van der Waals surface area (Å²) in [6, 6.07) is 11.1. The molecule has 4 rings (SSSR count). The number of nitrogens with two attached hydrogens (primary N) is 1. The van der Waals surface area contributed by atoms with E-state index in [0.717, 1.165) is 11.8 Å². The van der Waals surface area contributed by atoms with Gasteiger partial charge >= 0.3 is 0 Å². The van der Waals surface area contributed by atoms with Gasteiger partial charge in [-0.15, -0.1) is 0 Å². The van der Waals surface area contributed by atoms with E-state index >= 15 is 0 Å². The summed E-state index contributed by atoms with van der Waals surface area (Å²) in [5, 5.41) is 5.67. The van der Waals surface area contributed by atoms with Crippen LogP contribution in [0, 0.1) is 0 Å². The molecule has 0 atom stereocenters. The lowest BCUT2D eigenvalue weighted by Crippen LogP contribution is -2.06. The van der Waals surface area contributed by atoms with Crippen LogP contribution in [-0.4, -0.2) is 14.8 Å². The number of nitrogen functional groups attached to an aromatic ring is 1. The van der Waals surface area contributed by atoms with Gasteiger partial charge < -0.3 is 5.73 Å². The average molecular weight is 292 g/mol. The van der Waals surface area contributed by atoms with E-state index in [2.05, 4.69) is 39.0 Å². The van der Waals surface area contributed by atoms with E-state index in [0.29, 0.717) is 11.9 Å². The van der Waals surface area contributed by atoms with Crippen LogP contribution in [0.5, 0.6) is 0 Å². The highest BCUT2D eigenvalue weighted by molar-refractivity contribution is 5.89. The van der Waals surface area contributed by atoms with Crippen molar-refractivity contribution in [3.05, 3.63) is 53.9 Å². The van der Waals surface area contributed by atoms with Crippen molar-refractivity contribution in [1.82, 2.24) is 14.8 Å². The van der Waals surface area contributed by atoms with Crippen LogP contribution in [0.15, 0.2) is 42.7 Å². The largest absolute Gasteiger partial charge is 0.382 e. The number of fused-ring (bicyclic) bond motifs is 1. The smallest absolute Gasteiger partial charge is 0.153 e. The number of aromatic nitrogens is 3. The molecule has 4 heteroatoms. The second kappa shape index (κ2) is 5.44. The molecule has 22 heavy (non-hydrogen) atoms. The number of hydrogen-bond acceptors (Lipinski definition) is 3. The Balaban J connectivity index is 1.74. The van der Waals surface area contributed by atoms with Crippen molar-refractivity contribution in [3.8, 4) is 0 Å². The molecule has 2 N–H and O–H groups in total. The molecular weight excluding hydrogens is 272 g/mol. The second-order valence-electron chi connectivity index (χ2n) is 6.16. The lowest BCUT2D eigenvalue weighted by molar-refractivity contribution is 0.483. The summed E-state index contributed by atoms with van der Waals surface area (Å²) in [6.45, 7) is 0. The Morgan fingerprint density at radius 1 is 1.14 bits per heavy atom. The normalized spacial score (nSPS) is 15.6. The first kappa shape index (κ1) is 13.3. The van der Waals surface area contributed by atoms with E-state index in [1.807, 2.05) is 18.5 Å². The number of benzene rings is 1. The molecule has 0 unspecified atom stereocenters. The Bertz CT molecular complexity index is 785. The molecule has 1 aliphatic carbocycles. The molecular formula is C18H20N4. The van der Waals surface area contributed by atoms with Crippen LogP contribution < -0.4 is 5.73 Å². The molecule has 2 aromatic heterocycles. The first-order valence-electron chi connectivity index (χ1n) is 7.97. The Morgan fingerprint density at radius 3 is 2.77 bits per heavy atom. The molecule has 0 saturated heterocycles. The first-order chi connectivity index (χ1) is 10.8. The maximum absolute atomic E-state index is 6.11. The highest BCUT2D eigenvalue weighted by Crippen LogP contribution is 2.33. The minimum Gasteiger partial charge on any atom is -0.382 e. The third-order valence-corrected chi connectivity index (χ3v) is 4.60. The monoisotopic (exact) mass is 292 g/mol. The Hall–Kier alpha value is -2.36. The van der Waals surface area contributed by atoms with Crippen molar-refractivity contribution in [1.29, 1.82) is 0 Å². The van der Waals surface area contributed by atoms with E-state index in [1.54, 1.807) is 0 Å². The van der Waals surface area contributed by atoms with Crippen LogP contribution in [0.3, 0.4) is 0 Å². The minimum atomic E-state index is 0.508. The third kappa shape index (κ3) is 2.34. The van der Waals surface area contributed by atoms with Gasteiger partial charge in [0.25, 0.3) is 0 Å². The highest BCUT2D eigenvalue weighted by Gasteiger charge is 2.21. The standard InChI is InChI=1S/C18H20N4/c19-18-16-8-7-13(10-14-4-3-9-20-12-14)11-17(16)22(21-18)15-5-1-2-6-15/h3-4,7-9,11-12,15H,1-2,5-6,10H2,(H2,19,21). The number of hydrogen-bond donors (Lipinski definition) is 1. The maximum atomic E-state index is 6.11. The van der Waals surface area contributed by atoms with Crippen molar-refractivity contribution in [2.75, 3.05) is 5.73 Å². The topological polar surface area (TPSA) is 56.7 Å². The average Bonchev–Trinajstić information content (AvgIpc) is 3.17. The van der Waals surface area contributed by atoms with Gasteiger partial charge in [0, 0.05) is 17.8 Å². The first-order valence-corrected chi connectivity index (χ1v) is 7.97. The summed E-state index contributed by atoms with van der Waals surface area (Å²) in [5.74, 6) is 0.648. The maximum Gasteiger partial charge on any atom is 0.153 e. The van der Waals surface area contributed by atoms with Crippen molar-refractivity contribution >= 4 is 16.7 Å². The molecule has 1 fully saturated rings. The Kier molecular flexibility index (Phi) is 3.29. The molecule has 112 valence electrons. The predicted octanol–water partition coefficient (Wildman–Crippen LogP) is 3.72. The number of rotatable bonds is 3. The van der Waals surface area contributed by atoms with Crippen molar-refractivity contribution in [3.63, 3.8) is 0 Å². The number of pyridine rings is 1. The zero-order valence-corrected chi connectivity index (χ0v) is 12.6. The van der Waals surface area contributed by atoms with Crippen molar-refractivity contribution < 1.29 is 0 Å². The van der Waals surface area contributed by atoms with Crippen molar-refractivity contribution in [2.24, 2.45) is 0 Å². The molecule has 4 nitrogen and oxygen atoms in total. The van der Waals surface area contributed by atoms with Gasteiger partial charge in [0.1, 0.15) is 0 Å². The fraction of sp³-hybridized carbons (Fsp3) is 0.333. The number of anilines is 1. The molecule has 1 aromatic carbocycles. The molecule has 3 aromatic rings. The fourth-order valence-electron chi connectivity index (χ4n) is 3.48. The summed E-state index contributed by atoms with van der Waals surface area (Å²) >= 11 is 0. The Morgan fingerprint density at radius 2 is 2.00 bits per heavy atom. The summed E-state index contributed by atoms with van der Waals surface area (Å²) in [4.78, 5) is 4.19. The lowest BCUT2D eigenvalue weighted by atomic mass is 10.0. The SMILES string of the molecule is Nc1nn(C2CCCC2)c2cc(Cc3cccnc3)ccc12. The molecule has 0 amide bonds. The number of nitrogens with zero attached hydrogens (tertiary/aromatic N) is 3. The molecule has 0 bridgehead atoms. The van der Waals surface area contributed by atoms with E-state index in [9.17, 15) is 0 Å². The van der Waals surface area contributed by atoms with Crippen LogP contribution in [0.4, 0.5) is 5.82 Å². The summed E-state index contributed by atoms with van der Waals surface area (Å²) in [5.41, 5.74) is 9.78. The van der Waals surface area contributed by atoms with Gasteiger partial charge in [-0.1, -0.05) is 25.0 Å². The second-order valence-corrected chi connectivity index (χ2v) is 6.16. The van der Waals surface area contributed by atoms with E-state index < -0.39 is 0 Å². The predicted molar refractivity (Wildman–Crippen MR) is 88.7 cm³/mol. The van der Waals surface area contributed by atoms with Crippen LogP contribution in [0.1, 0.15) is 42.9 Å². The molecule has 1 aliphatic rings. The van der Waals surface area contributed by atoms with Crippen LogP contribution in [0.2, 0.25) is 0 Å². The fourth-order valence-corrected chi connectivity index (χ4v) is 3.48. The van der Waals surface area contributed by atoms with Gasteiger partial charge in [0.2, 0.25) is 0 Å². The Labute approximate surface area is 130 Å². The van der Waals surface area contributed by atoms with Gasteiger partial charge in [-0.2, -0.15) is 5.10 Å². The van der Waals surface area contributed by atoms with Gasteiger partial charge in [-0.25, -0.2) is 0 Å². The van der Waals surface area contributed by atoms with E-state index in [1.165, 1.54) is 42.3 Å². The highest BCUT2D eigenvalue weighted by atomic mass is 15.3. The summed E-state index contributed by atoms with van der Waals surface area (Å²) in [7, 11) is 0. The molecule has 0 aliphatic heterocycles. The van der Waals surface area contributed by atoms with Gasteiger partial charge in [0.05, 0.1) is 11.6 Å². The lowest BCUT2D eigenvalue weighted by Gasteiger charge is -2.11. The third-order valence-electron chi connectivity index (χ3n) is 4.60.